The first-order valence-electron chi connectivity index (χ1n) is 7.80. The summed E-state index contributed by atoms with van der Waals surface area (Å²) in [6.45, 7) is 9.15. The molecule has 0 N–H and O–H groups in total. The molecular formula is C17H24N2O3. The third-order valence-electron chi connectivity index (χ3n) is 3.89. The third kappa shape index (κ3) is 3.24. The van der Waals surface area contributed by atoms with E-state index in [0.717, 1.165) is 11.4 Å². The highest BCUT2D eigenvalue weighted by atomic mass is 16.5. The second kappa shape index (κ2) is 6.81. The number of carbonyl (C=O) groups is 2. The first-order chi connectivity index (χ1) is 10.5. The minimum atomic E-state index is -0.421. The predicted molar refractivity (Wildman–Crippen MR) is 86.0 cm³/mol. The largest absolute Gasteiger partial charge is 0.494 e. The molecule has 0 radical (unpaired) electrons. The lowest BCUT2D eigenvalue weighted by Crippen LogP contribution is -2.58. The Labute approximate surface area is 131 Å². The molecule has 5 nitrogen and oxygen atoms in total. The lowest BCUT2D eigenvalue weighted by atomic mass is 10.1. The van der Waals surface area contributed by atoms with E-state index in [-0.39, 0.29) is 17.7 Å². The second-order valence-corrected chi connectivity index (χ2v) is 5.78. The van der Waals surface area contributed by atoms with Crippen molar-refractivity contribution in [3.05, 3.63) is 24.3 Å². The second-order valence-electron chi connectivity index (χ2n) is 5.78. The summed E-state index contributed by atoms with van der Waals surface area (Å²) < 4.78 is 5.41. The van der Waals surface area contributed by atoms with Crippen LogP contribution in [0, 0.1) is 5.92 Å². The number of anilines is 1. The topological polar surface area (TPSA) is 49.9 Å². The molecule has 2 amide bonds. The van der Waals surface area contributed by atoms with Crippen molar-refractivity contribution in [2.75, 3.05) is 24.6 Å². The van der Waals surface area contributed by atoms with E-state index in [4.69, 9.17) is 4.74 Å². The van der Waals surface area contributed by atoms with Gasteiger partial charge in [-0.3, -0.25) is 9.59 Å². The smallest absolute Gasteiger partial charge is 0.249 e. The summed E-state index contributed by atoms with van der Waals surface area (Å²) in [7, 11) is 0. The zero-order chi connectivity index (χ0) is 16.3. The number of hydrogen-bond donors (Lipinski definition) is 0. The first-order valence-corrected chi connectivity index (χ1v) is 7.80. The molecule has 0 aliphatic carbocycles. The van der Waals surface area contributed by atoms with E-state index in [2.05, 4.69) is 0 Å². The summed E-state index contributed by atoms with van der Waals surface area (Å²) in [6.07, 6.45) is 0. The maximum atomic E-state index is 12.6. The molecule has 1 saturated heterocycles. The number of benzene rings is 1. The highest BCUT2D eigenvalue weighted by molar-refractivity contribution is 6.00. The minimum Gasteiger partial charge on any atom is -0.494 e. The fourth-order valence-electron chi connectivity index (χ4n) is 2.65. The van der Waals surface area contributed by atoms with Crippen LogP contribution in [-0.2, 0) is 9.59 Å². The Balaban J connectivity index is 2.12. The summed E-state index contributed by atoms with van der Waals surface area (Å²) in [5, 5.41) is 0. The molecule has 1 aliphatic heterocycles. The molecule has 0 spiro atoms. The van der Waals surface area contributed by atoms with Crippen molar-refractivity contribution in [1.29, 1.82) is 0 Å². The quantitative estimate of drug-likeness (QED) is 0.857. The molecule has 1 aliphatic rings. The van der Waals surface area contributed by atoms with Gasteiger partial charge < -0.3 is 14.5 Å². The Hall–Kier alpha value is -2.04. The predicted octanol–water partition coefficient (Wildman–Crippen LogP) is 2.31. The summed E-state index contributed by atoms with van der Waals surface area (Å²) in [4.78, 5) is 28.1. The monoisotopic (exact) mass is 304 g/mol. The van der Waals surface area contributed by atoms with Gasteiger partial charge in [-0.25, -0.2) is 0 Å². The van der Waals surface area contributed by atoms with E-state index in [1.165, 1.54) is 0 Å². The van der Waals surface area contributed by atoms with Crippen molar-refractivity contribution in [2.45, 2.75) is 33.7 Å². The standard InChI is InChI=1S/C17H24N2O3/c1-5-22-15-8-6-14(7-9-15)19-11-10-18(13(4)17(19)21)16(20)12(2)3/h6-9,12-13H,5,10-11H2,1-4H3/t13-/m1/s1. The Bertz CT molecular complexity index is 539. The highest BCUT2D eigenvalue weighted by Gasteiger charge is 2.35. The zero-order valence-electron chi connectivity index (χ0n) is 13.7. The summed E-state index contributed by atoms with van der Waals surface area (Å²) in [5.41, 5.74) is 0.844. The van der Waals surface area contributed by atoms with Crippen LogP contribution in [0.2, 0.25) is 0 Å². The van der Waals surface area contributed by atoms with E-state index >= 15 is 0 Å². The minimum absolute atomic E-state index is 0.0344. The summed E-state index contributed by atoms with van der Waals surface area (Å²) in [5.74, 6) is 0.698. The van der Waals surface area contributed by atoms with Crippen LogP contribution in [0.15, 0.2) is 24.3 Å². The lowest BCUT2D eigenvalue weighted by molar-refractivity contribution is -0.143. The molecule has 120 valence electrons. The van der Waals surface area contributed by atoms with Gasteiger partial charge >= 0.3 is 0 Å². The van der Waals surface area contributed by atoms with Crippen LogP contribution in [0.5, 0.6) is 5.75 Å². The van der Waals surface area contributed by atoms with Gasteiger partial charge in [-0.15, -0.1) is 0 Å². The fraction of sp³-hybridized carbons (Fsp3) is 0.529. The fourth-order valence-corrected chi connectivity index (χ4v) is 2.65. The van der Waals surface area contributed by atoms with Gasteiger partial charge in [0.05, 0.1) is 6.61 Å². The van der Waals surface area contributed by atoms with Gasteiger partial charge in [0.25, 0.3) is 0 Å². The molecule has 0 aromatic heterocycles. The van der Waals surface area contributed by atoms with Gasteiger partial charge in [-0.2, -0.15) is 0 Å². The normalized spacial score (nSPS) is 18.8. The number of piperazine rings is 1. The number of amides is 2. The van der Waals surface area contributed by atoms with Crippen molar-refractivity contribution in [1.82, 2.24) is 4.90 Å². The van der Waals surface area contributed by atoms with Crippen LogP contribution in [0.3, 0.4) is 0 Å². The molecule has 0 bridgehead atoms. The Morgan fingerprint density at radius 2 is 1.91 bits per heavy atom. The van der Waals surface area contributed by atoms with Crippen LogP contribution in [0.1, 0.15) is 27.7 Å². The van der Waals surface area contributed by atoms with Gasteiger partial charge in [0.1, 0.15) is 11.8 Å². The van der Waals surface area contributed by atoms with E-state index in [1.54, 1.807) is 16.7 Å². The van der Waals surface area contributed by atoms with Crippen LogP contribution in [-0.4, -0.2) is 42.5 Å². The van der Waals surface area contributed by atoms with Gasteiger partial charge in [-0.05, 0) is 38.1 Å². The Morgan fingerprint density at radius 1 is 1.27 bits per heavy atom. The molecule has 0 unspecified atom stereocenters. The average Bonchev–Trinajstić information content (AvgIpc) is 2.50. The lowest BCUT2D eigenvalue weighted by Gasteiger charge is -2.39. The Morgan fingerprint density at radius 3 is 2.45 bits per heavy atom. The molecule has 1 aromatic rings. The SMILES string of the molecule is CCOc1ccc(N2CCN(C(=O)C(C)C)[C@H](C)C2=O)cc1. The molecule has 0 saturated carbocycles. The van der Waals surface area contributed by atoms with Crippen molar-refractivity contribution >= 4 is 17.5 Å². The van der Waals surface area contributed by atoms with Crippen LogP contribution in [0.4, 0.5) is 5.69 Å². The highest BCUT2D eigenvalue weighted by Crippen LogP contribution is 2.24. The van der Waals surface area contributed by atoms with Crippen molar-refractivity contribution < 1.29 is 14.3 Å². The molecule has 1 heterocycles. The van der Waals surface area contributed by atoms with Crippen molar-refractivity contribution in [2.24, 2.45) is 5.92 Å². The summed E-state index contributed by atoms with van der Waals surface area (Å²) in [6, 6.07) is 7.07. The van der Waals surface area contributed by atoms with Gasteiger partial charge in [0.2, 0.25) is 11.8 Å². The maximum absolute atomic E-state index is 12.6. The van der Waals surface area contributed by atoms with E-state index in [9.17, 15) is 9.59 Å². The number of rotatable bonds is 4. The number of nitrogens with zero attached hydrogens (tertiary/aromatic N) is 2. The number of ether oxygens (including phenoxy) is 1. The van der Waals surface area contributed by atoms with Crippen molar-refractivity contribution in [3.8, 4) is 5.75 Å². The Kier molecular flexibility index (Phi) is 5.06. The molecular weight excluding hydrogens is 280 g/mol. The van der Waals surface area contributed by atoms with Crippen LogP contribution < -0.4 is 9.64 Å². The maximum Gasteiger partial charge on any atom is 0.249 e. The van der Waals surface area contributed by atoms with E-state index in [1.807, 2.05) is 45.0 Å². The first kappa shape index (κ1) is 16.3. The van der Waals surface area contributed by atoms with Crippen molar-refractivity contribution in [3.63, 3.8) is 0 Å². The van der Waals surface area contributed by atoms with E-state index < -0.39 is 6.04 Å². The third-order valence-corrected chi connectivity index (χ3v) is 3.89. The molecule has 2 rings (SSSR count). The molecule has 22 heavy (non-hydrogen) atoms. The molecule has 1 fully saturated rings. The van der Waals surface area contributed by atoms with Gasteiger partial charge in [0, 0.05) is 24.7 Å². The number of carbonyl (C=O) groups excluding carboxylic acids is 2. The van der Waals surface area contributed by atoms with Crippen LogP contribution >= 0.6 is 0 Å². The van der Waals surface area contributed by atoms with Gasteiger partial charge in [-0.1, -0.05) is 13.8 Å². The number of hydrogen-bond acceptors (Lipinski definition) is 3. The van der Waals surface area contributed by atoms with Crippen LogP contribution in [0.25, 0.3) is 0 Å². The molecule has 5 heteroatoms. The molecule has 1 atom stereocenters. The average molecular weight is 304 g/mol. The molecule has 1 aromatic carbocycles. The van der Waals surface area contributed by atoms with Gasteiger partial charge in [0.15, 0.2) is 0 Å². The summed E-state index contributed by atoms with van der Waals surface area (Å²) >= 11 is 0. The zero-order valence-corrected chi connectivity index (χ0v) is 13.7. The van der Waals surface area contributed by atoms with E-state index in [0.29, 0.717) is 19.7 Å².